The number of pyridine rings is 1. The minimum atomic E-state index is 0.278. The molecule has 0 aliphatic carbocycles. The van der Waals surface area contributed by atoms with E-state index in [4.69, 9.17) is 4.74 Å². The van der Waals surface area contributed by atoms with E-state index in [-0.39, 0.29) is 5.41 Å². The summed E-state index contributed by atoms with van der Waals surface area (Å²) < 4.78 is 5.90. The first-order valence-corrected chi connectivity index (χ1v) is 9.44. The molecule has 25 heavy (non-hydrogen) atoms. The molecule has 2 aromatic rings. The van der Waals surface area contributed by atoms with Gasteiger partial charge in [0.25, 0.3) is 0 Å². The Labute approximate surface area is 152 Å². The van der Waals surface area contributed by atoms with Crippen LogP contribution in [0.3, 0.4) is 0 Å². The van der Waals surface area contributed by atoms with Crippen molar-refractivity contribution in [3.8, 4) is 0 Å². The fourth-order valence-corrected chi connectivity index (χ4v) is 3.92. The topological polar surface area (TPSA) is 25.4 Å². The fraction of sp³-hybridized carbons (Fsp3) is 0.500. The van der Waals surface area contributed by atoms with Crippen LogP contribution in [-0.4, -0.2) is 36.2 Å². The van der Waals surface area contributed by atoms with Gasteiger partial charge >= 0.3 is 0 Å². The zero-order valence-electron chi connectivity index (χ0n) is 15.6. The van der Waals surface area contributed by atoms with Gasteiger partial charge in [-0.05, 0) is 62.4 Å². The smallest absolute Gasteiger partial charge is 0.0535 e. The Morgan fingerprint density at radius 3 is 2.84 bits per heavy atom. The van der Waals surface area contributed by atoms with Crippen LogP contribution in [0, 0.1) is 12.3 Å². The van der Waals surface area contributed by atoms with Crippen molar-refractivity contribution in [2.75, 3.05) is 26.3 Å². The van der Waals surface area contributed by atoms with Gasteiger partial charge in [0.2, 0.25) is 0 Å². The Morgan fingerprint density at radius 1 is 1.20 bits per heavy atom. The number of aryl methyl sites for hydroxylation is 2. The van der Waals surface area contributed by atoms with E-state index in [0.29, 0.717) is 0 Å². The molecule has 3 rings (SSSR count). The van der Waals surface area contributed by atoms with E-state index in [1.165, 1.54) is 29.5 Å². The number of ether oxygens (including phenoxy) is 1. The Bertz CT molecular complexity index is 658. The van der Waals surface area contributed by atoms with Crippen molar-refractivity contribution in [2.45, 2.75) is 39.7 Å². The molecule has 1 aliphatic rings. The molecule has 1 atom stereocenters. The highest BCUT2D eigenvalue weighted by molar-refractivity contribution is 5.25. The van der Waals surface area contributed by atoms with E-state index in [2.05, 4.69) is 54.1 Å². The summed E-state index contributed by atoms with van der Waals surface area (Å²) in [5.41, 5.74) is 4.46. The highest BCUT2D eigenvalue weighted by Crippen LogP contribution is 2.36. The summed E-state index contributed by atoms with van der Waals surface area (Å²) in [5, 5.41) is 0. The summed E-state index contributed by atoms with van der Waals surface area (Å²) in [4.78, 5) is 6.81. The second-order valence-corrected chi connectivity index (χ2v) is 7.39. The van der Waals surface area contributed by atoms with Gasteiger partial charge in [0.1, 0.15) is 0 Å². The highest BCUT2D eigenvalue weighted by Gasteiger charge is 2.37. The van der Waals surface area contributed by atoms with Crippen LogP contribution in [0.25, 0.3) is 0 Å². The van der Waals surface area contributed by atoms with E-state index in [9.17, 15) is 0 Å². The lowest BCUT2D eigenvalue weighted by atomic mass is 9.81. The van der Waals surface area contributed by atoms with Gasteiger partial charge in [-0.25, -0.2) is 0 Å². The summed E-state index contributed by atoms with van der Waals surface area (Å²) in [6, 6.07) is 13.0. The zero-order chi connectivity index (χ0) is 17.5. The van der Waals surface area contributed by atoms with Gasteiger partial charge in [0.15, 0.2) is 0 Å². The van der Waals surface area contributed by atoms with E-state index in [1.807, 2.05) is 18.5 Å². The van der Waals surface area contributed by atoms with Gasteiger partial charge in [-0.1, -0.05) is 30.3 Å². The Kier molecular flexibility index (Phi) is 6.22. The molecule has 1 aliphatic heterocycles. The normalized spacial score (nSPS) is 20.9. The molecule has 2 heterocycles. The lowest BCUT2D eigenvalue weighted by Crippen LogP contribution is -2.32. The van der Waals surface area contributed by atoms with Crippen LogP contribution < -0.4 is 0 Å². The van der Waals surface area contributed by atoms with Crippen LogP contribution in [0.1, 0.15) is 36.5 Å². The largest absolute Gasteiger partial charge is 0.381 e. The van der Waals surface area contributed by atoms with E-state index in [1.54, 1.807) is 0 Å². The van der Waals surface area contributed by atoms with Crippen LogP contribution in [0.4, 0.5) is 0 Å². The lowest BCUT2D eigenvalue weighted by molar-refractivity contribution is 0.0489. The molecule has 3 heteroatoms. The minimum Gasteiger partial charge on any atom is -0.381 e. The summed E-state index contributed by atoms with van der Waals surface area (Å²) >= 11 is 0. The Morgan fingerprint density at radius 2 is 2.08 bits per heavy atom. The number of likely N-dealkylation sites (tertiary alicyclic amines) is 1. The number of nitrogens with zero attached hydrogens (tertiary/aromatic N) is 2. The van der Waals surface area contributed by atoms with Gasteiger partial charge in [-0.3, -0.25) is 9.88 Å². The fourth-order valence-electron chi connectivity index (χ4n) is 3.92. The van der Waals surface area contributed by atoms with Gasteiger partial charge in [-0.15, -0.1) is 0 Å². The SMILES string of the molecule is CCOC[C@@]1(CCc2ccccc2C)CCN(Cc2cccnc2)C1. The van der Waals surface area contributed by atoms with E-state index >= 15 is 0 Å². The van der Waals surface area contributed by atoms with Crippen LogP contribution in [0.15, 0.2) is 48.8 Å². The molecule has 3 nitrogen and oxygen atoms in total. The van der Waals surface area contributed by atoms with Crippen molar-refractivity contribution in [1.29, 1.82) is 0 Å². The highest BCUT2D eigenvalue weighted by atomic mass is 16.5. The molecule has 1 saturated heterocycles. The van der Waals surface area contributed by atoms with E-state index in [0.717, 1.165) is 39.3 Å². The molecule has 0 spiro atoms. The molecule has 0 amide bonds. The van der Waals surface area contributed by atoms with Crippen molar-refractivity contribution in [3.63, 3.8) is 0 Å². The summed E-state index contributed by atoms with van der Waals surface area (Å²) in [6.45, 7) is 9.24. The molecule has 0 bridgehead atoms. The third kappa shape index (κ3) is 4.90. The predicted molar refractivity (Wildman–Crippen MR) is 103 cm³/mol. The Hall–Kier alpha value is -1.71. The van der Waals surface area contributed by atoms with Crippen molar-refractivity contribution in [2.24, 2.45) is 5.41 Å². The second kappa shape index (κ2) is 8.59. The molecular formula is C22H30N2O. The van der Waals surface area contributed by atoms with Crippen molar-refractivity contribution in [1.82, 2.24) is 9.88 Å². The summed E-state index contributed by atoms with van der Waals surface area (Å²) in [7, 11) is 0. The maximum absolute atomic E-state index is 5.90. The van der Waals surface area contributed by atoms with Gasteiger partial charge in [0.05, 0.1) is 6.61 Å². The monoisotopic (exact) mass is 338 g/mol. The molecule has 1 aromatic heterocycles. The molecule has 1 fully saturated rings. The van der Waals surface area contributed by atoms with Gasteiger partial charge in [-0.2, -0.15) is 0 Å². The number of rotatable bonds is 8. The van der Waals surface area contributed by atoms with Crippen LogP contribution in [0.5, 0.6) is 0 Å². The molecule has 134 valence electrons. The quantitative estimate of drug-likeness (QED) is 0.719. The predicted octanol–water partition coefficient (Wildman–Crippen LogP) is 4.25. The number of benzene rings is 1. The average Bonchev–Trinajstić information content (AvgIpc) is 3.03. The second-order valence-electron chi connectivity index (χ2n) is 7.39. The zero-order valence-corrected chi connectivity index (χ0v) is 15.6. The molecule has 0 saturated carbocycles. The third-order valence-electron chi connectivity index (χ3n) is 5.44. The van der Waals surface area contributed by atoms with Gasteiger partial charge in [0, 0.05) is 37.5 Å². The minimum absolute atomic E-state index is 0.278. The standard InChI is InChI=1S/C22H30N2O/c1-3-25-18-22(11-10-21-9-5-4-7-19(21)2)12-14-24(17-22)16-20-8-6-13-23-15-20/h4-9,13,15H,3,10-12,14,16-18H2,1-2H3/t22-/m0/s1. The third-order valence-corrected chi connectivity index (χ3v) is 5.44. The van der Waals surface area contributed by atoms with Crippen molar-refractivity contribution >= 4 is 0 Å². The molecule has 0 radical (unpaired) electrons. The Balaban J connectivity index is 1.64. The van der Waals surface area contributed by atoms with Crippen molar-refractivity contribution < 1.29 is 4.74 Å². The maximum atomic E-state index is 5.90. The van der Waals surface area contributed by atoms with Gasteiger partial charge < -0.3 is 4.74 Å². The van der Waals surface area contributed by atoms with Crippen LogP contribution >= 0.6 is 0 Å². The number of hydrogen-bond donors (Lipinski definition) is 0. The first kappa shape index (κ1) is 18.1. The molecule has 0 N–H and O–H groups in total. The van der Waals surface area contributed by atoms with Crippen LogP contribution in [0.2, 0.25) is 0 Å². The maximum Gasteiger partial charge on any atom is 0.0535 e. The number of hydrogen-bond acceptors (Lipinski definition) is 3. The summed E-state index contributed by atoms with van der Waals surface area (Å²) in [5.74, 6) is 0. The van der Waals surface area contributed by atoms with Crippen LogP contribution in [-0.2, 0) is 17.7 Å². The lowest BCUT2D eigenvalue weighted by Gasteiger charge is -2.29. The molecule has 1 aromatic carbocycles. The summed E-state index contributed by atoms with van der Waals surface area (Å²) in [6.07, 6.45) is 7.38. The van der Waals surface area contributed by atoms with E-state index < -0.39 is 0 Å². The van der Waals surface area contributed by atoms with Crippen molar-refractivity contribution in [3.05, 3.63) is 65.5 Å². The number of aromatic nitrogens is 1. The molecular weight excluding hydrogens is 308 g/mol. The average molecular weight is 338 g/mol. The first-order valence-electron chi connectivity index (χ1n) is 9.44. The first-order chi connectivity index (χ1) is 12.2. The molecule has 0 unspecified atom stereocenters.